The molecular formula is C16H17N5. The standard InChI is InChI=1S/C16H17N5/c17-15-20-9-16(21-15)5-4-14-11(6-16)2-1-3-13(14)12-7-18-10-19-8-12/h1-3,7-8,10H,4-6,9H2,(H3,17,20,21)/t16-/m1/s1. The maximum atomic E-state index is 5.80. The first-order valence-electron chi connectivity index (χ1n) is 7.20. The van der Waals surface area contributed by atoms with Crippen LogP contribution in [-0.4, -0.2) is 28.0 Å². The second-order valence-electron chi connectivity index (χ2n) is 5.85. The molecule has 1 atom stereocenters. The normalized spacial score (nSPS) is 23.5. The Hall–Kier alpha value is -2.43. The Kier molecular flexibility index (Phi) is 2.67. The number of nitrogens with one attached hydrogen (secondary N) is 1. The Labute approximate surface area is 123 Å². The van der Waals surface area contributed by atoms with Gasteiger partial charge >= 0.3 is 0 Å². The summed E-state index contributed by atoms with van der Waals surface area (Å²) in [6, 6.07) is 6.47. The van der Waals surface area contributed by atoms with Gasteiger partial charge in [0.2, 0.25) is 0 Å². The van der Waals surface area contributed by atoms with E-state index in [9.17, 15) is 0 Å². The molecule has 0 fully saturated rings. The van der Waals surface area contributed by atoms with Gasteiger partial charge < -0.3 is 11.1 Å². The van der Waals surface area contributed by atoms with E-state index >= 15 is 0 Å². The maximum absolute atomic E-state index is 5.80. The van der Waals surface area contributed by atoms with Gasteiger partial charge in [0.05, 0.1) is 12.1 Å². The number of benzene rings is 1. The predicted molar refractivity (Wildman–Crippen MR) is 81.8 cm³/mol. The van der Waals surface area contributed by atoms with Gasteiger partial charge in [-0.15, -0.1) is 0 Å². The number of guanidine groups is 1. The lowest BCUT2D eigenvalue weighted by Crippen LogP contribution is -2.51. The fraction of sp³-hybridized carbons (Fsp3) is 0.312. The van der Waals surface area contributed by atoms with Crippen LogP contribution in [0.4, 0.5) is 0 Å². The van der Waals surface area contributed by atoms with Crippen molar-refractivity contribution < 1.29 is 0 Å². The number of aromatic nitrogens is 2. The smallest absolute Gasteiger partial charge is 0.189 e. The summed E-state index contributed by atoms with van der Waals surface area (Å²) in [5.41, 5.74) is 10.9. The van der Waals surface area contributed by atoms with Gasteiger partial charge in [0.15, 0.2) is 5.96 Å². The lowest BCUT2D eigenvalue weighted by molar-refractivity contribution is 0.362. The van der Waals surface area contributed by atoms with E-state index in [1.807, 2.05) is 12.4 Å². The van der Waals surface area contributed by atoms with Gasteiger partial charge in [-0.1, -0.05) is 18.2 Å². The van der Waals surface area contributed by atoms with Crippen LogP contribution in [0.25, 0.3) is 11.1 Å². The molecule has 0 bridgehead atoms. The highest BCUT2D eigenvalue weighted by molar-refractivity contribution is 5.81. The molecule has 2 heterocycles. The topological polar surface area (TPSA) is 76.2 Å². The zero-order valence-corrected chi connectivity index (χ0v) is 11.7. The highest BCUT2D eigenvalue weighted by Gasteiger charge is 2.38. The van der Waals surface area contributed by atoms with Gasteiger partial charge in [0.1, 0.15) is 6.33 Å². The zero-order chi connectivity index (χ0) is 14.3. The highest BCUT2D eigenvalue weighted by atomic mass is 15.2. The summed E-state index contributed by atoms with van der Waals surface area (Å²) in [5.74, 6) is 0.575. The van der Waals surface area contributed by atoms with Crippen LogP contribution in [-0.2, 0) is 12.8 Å². The largest absolute Gasteiger partial charge is 0.370 e. The molecule has 1 aromatic heterocycles. The van der Waals surface area contributed by atoms with E-state index in [1.165, 1.54) is 16.7 Å². The van der Waals surface area contributed by atoms with Gasteiger partial charge in [0, 0.05) is 18.0 Å². The molecule has 3 N–H and O–H groups in total. The molecule has 1 aromatic carbocycles. The molecular weight excluding hydrogens is 262 g/mol. The third-order valence-corrected chi connectivity index (χ3v) is 4.47. The average Bonchev–Trinajstić information content (AvgIpc) is 2.88. The lowest BCUT2D eigenvalue weighted by Gasteiger charge is -2.35. The summed E-state index contributed by atoms with van der Waals surface area (Å²) < 4.78 is 0. The van der Waals surface area contributed by atoms with Crippen molar-refractivity contribution in [1.82, 2.24) is 15.3 Å². The minimum atomic E-state index is 0.0168. The van der Waals surface area contributed by atoms with Crippen LogP contribution in [0.2, 0.25) is 0 Å². The Morgan fingerprint density at radius 3 is 2.81 bits per heavy atom. The Balaban J connectivity index is 1.72. The quantitative estimate of drug-likeness (QED) is 0.824. The number of hydrogen-bond donors (Lipinski definition) is 2. The number of fused-ring (bicyclic) bond motifs is 1. The van der Waals surface area contributed by atoms with E-state index in [4.69, 9.17) is 5.73 Å². The number of hydrogen-bond acceptors (Lipinski definition) is 5. The van der Waals surface area contributed by atoms with Crippen LogP contribution in [0.5, 0.6) is 0 Å². The van der Waals surface area contributed by atoms with Crippen LogP contribution in [0.3, 0.4) is 0 Å². The molecule has 0 saturated heterocycles. The zero-order valence-electron chi connectivity index (χ0n) is 11.7. The maximum Gasteiger partial charge on any atom is 0.189 e. The van der Waals surface area contributed by atoms with E-state index in [0.29, 0.717) is 5.96 Å². The predicted octanol–water partition coefficient (Wildman–Crippen LogP) is 1.29. The number of nitrogens with zero attached hydrogens (tertiary/aromatic N) is 3. The second-order valence-corrected chi connectivity index (χ2v) is 5.85. The molecule has 106 valence electrons. The van der Waals surface area contributed by atoms with Crippen molar-refractivity contribution in [3.05, 3.63) is 48.0 Å². The molecule has 2 aliphatic rings. The van der Waals surface area contributed by atoms with E-state index in [2.05, 4.69) is 38.5 Å². The molecule has 5 heteroatoms. The van der Waals surface area contributed by atoms with Crippen molar-refractivity contribution in [3.63, 3.8) is 0 Å². The van der Waals surface area contributed by atoms with Crippen LogP contribution in [0.1, 0.15) is 17.5 Å². The van der Waals surface area contributed by atoms with E-state index in [-0.39, 0.29) is 5.54 Å². The van der Waals surface area contributed by atoms with E-state index in [0.717, 1.165) is 31.4 Å². The summed E-state index contributed by atoms with van der Waals surface area (Å²) >= 11 is 0. The van der Waals surface area contributed by atoms with Crippen molar-refractivity contribution >= 4 is 5.96 Å². The lowest BCUT2D eigenvalue weighted by atomic mass is 9.76. The Bertz CT molecular complexity index is 710. The summed E-state index contributed by atoms with van der Waals surface area (Å²) in [6.45, 7) is 0.775. The number of nitrogens with two attached hydrogens (primary N) is 1. The molecule has 1 spiro atoms. The van der Waals surface area contributed by atoms with Gasteiger partial charge in [0.25, 0.3) is 0 Å². The molecule has 0 unspecified atom stereocenters. The van der Waals surface area contributed by atoms with Crippen LogP contribution in [0, 0.1) is 0 Å². The summed E-state index contributed by atoms with van der Waals surface area (Å²) in [7, 11) is 0. The van der Waals surface area contributed by atoms with E-state index in [1.54, 1.807) is 6.33 Å². The molecule has 4 rings (SSSR count). The van der Waals surface area contributed by atoms with Crippen molar-refractivity contribution in [2.45, 2.75) is 24.8 Å². The van der Waals surface area contributed by atoms with Gasteiger partial charge in [-0.25, -0.2) is 9.97 Å². The highest BCUT2D eigenvalue weighted by Crippen LogP contribution is 2.36. The molecule has 2 aromatic rings. The molecule has 5 nitrogen and oxygen atoms in total. The van der Waals surface area contributed by atoms with Crippen LogP contribution in [0.15, 0.2) is 41.9 Å². The molecule has 21 heavy (non-hydrogen) atoms. The van der Waals surface area contributed by atoms with Crippen molar-refractivity contribution in [2.24, 2.45) is 10.7 Å². The number of aliphatic imine (C=N–C) groups is 1. The summed E-state index contributed by atoms with van der Waals surface area (Å²) in [6.07, 6.45) is 8.36. The first-order chi connectivity index (χ1) is 10.3. The Morgan fingerprint density at radius 1 is 1.19 bits per heavy atom. The molecule has 0 radical (unpaired) electrons. The van der Waals surface area contributed by atoms with Gasteiger partial charge in [-0.2, -0.15) is 0 Å². The Morgan fingerprint density at radius 2 is 2.05 bits per heavy atom. The van der Waals surface area contributed by atoms with Gasteiger partial charge in [-0.05, 0) is 36.0 Å². The summed E-state index contributed by atoms with van der Waals surface area (Å²) in [4.78, 5) is 12.6. The first kappa shape index (κ1) is 12.3. The monoisotopic (exact) mass is 279 g/mol. The third-order valence-electron chi connectivity index (χ3n) is 4.47. The van der Waals surface area contributed by atoms with Crippen molar-refractivity contribution in [3.8, 4) is 11.1 Å². The first-order valence-corrected chi connectivity index (χ1v) is 7.20. The fourth-order valence-corrected chi connectivity index (χ4v) is 3.45. The minimum Gasteiger partial charge on any atom is -0.370 e. The third kappa shape index (κ3) is 2.05. The van der Waals surface area contributed by atoms with E-state index < -0.39 is 0 Å². The number of rotatable bonds is 1. The molecule has 0 amide bonds. The average molecular weight is 279 g/mol. The SMILES string of the molecule is NC1=NC[C@]2(CCc3c(cccc3-c3cncnc3)C2)N1. The molecule has 1 aliphatic carbocycles. The van der Waals surface area contributed by atoms with Crippen molar-refractivity contribution in [2.75, 3.05) is 6.54 Å². The molecule has 0 saturated carbocycles. The fourth-order valence-electron chi connectivity index (χ4n) is 3.45. The van der Waals surface area contributed by atoms with Crippen LogP contribution >= 0.6 is 0 Å². The van der Waals surface area contributed by atoms with Crippen LogP contribution < -0.4 is 11.1 Å². The second kappa shape index (κ2) is 4.55. The van der Waals surface area contributed by atoms with Crippen molar-refractivity contribution in [1.29, 1.82) is 0 Å². The molecule has 1 aliphatic heterocycles. The summed E-state index contributed by atoms with van der Waals surface area (Å²) in [5, 5.41) is 3.37. The van der Waals surface area contributed by atoms with Gasteiger partial charge in [-0.3, -0.25) is 4.99 Å². The minimum absolute atomic E-state index is 0.0168.